The van der Waals surface area contributed by atoms with Crippen molar-refractivity contribution in [3.63, 3.8) is 0 Å². The molecule has 0 saturated carbocycles. The van der Waals surface area contributed by atoms with E-state index in [-0.39, 0.29) is 49.1 Å². The van der Waals surface area contributed by atoms with E-state index < -0.39 is 5.97 Å². The summed E-state index contributed by atoms with van der Waals surface area (Å²) >= 11 is 0. The normalized spacial score (nSPS) is 21.1. The summed E-state index contributed by atoms with van der Waals surface area (Å²) in [6.45, 7) is -0.0485. The van der Waals surface area contributed by atoms with E-state index in [0.717, 1.165) is 5.56 Å². The molecule has 0 N–H and O–H groups in total. The zero-order valence-electron chi connectivity index (χ0n) is 15.2. The molecule has 4 rings (SSSR count). The Morgan fingerprint density at radius 2 is 1.79 bits per heavy atom. The average molecular weight is 380 g/mol. The molecule has 0 radical (unpaired) electrons. The second kappa shape index (κ2) is 7.80. The van der Waals surface area contributed by atoms with Crippen LogP contribution in [0.5, 0.6) is 0 Å². The van der Waals surface area contributed by atoms with E-state index in [2.05, 4.69) is 4.98 Å². The molecule has 1 saturated heterocycles. The van der Waals surface area contributed by atoms with Gasteiger partial charge in [-0.1, -0.05) is 42.5 Å². The number of imide groups is 1. The number of allylic oxidation sites excluding steroid dienone is 2. The molecule has 2 aromatic rings. The molecule has 0 bridgehead atoms. The van der Waals surface area contributed by atoms with E-state index in [9.17, 15) is 14.4 Å². The predicted octanol–water partition coefficient (Wildman–Crippen LogP) is 2.73. The van der Waals surface area contributed by atoms with Gasteiger partial charge in [0.05, 0.1) is 24.5 Å². The highest BCUT2D eigenvalue weighted by Crippen LogP contribution is 2.35. The number of fused-ring (bicyclic) bond motifs is 1. The Morgan fingerprint density at radius 1 is 1.11 bits per heavy atom. The van der Waals surface area contributed by atoms with Crippen molar-refractivity contribution in [1.82, 2.24) is 9.88 Å². The van der Waals surface area contributed by atoms with Gasteiger partial charge in [-0.2, -0.15) is 0 Å². The van der Waals surface area contributed by atoms with Crippen LogP contribution in [0, 0.1) is 11.8 Å². The molecule has 0 unspecified atom stereocenters. The number of esters is 1. The van der Waals surface area contributed by atoms with E-state index in [1.54, 1.807) is 6.20 Å². The van der Waals surface area contributed by atoms with Crippen molar-refractivity contribution in [1.29, 1.82) is 0 Å². The molecule has 2 heterocycles. The largest absolute Gasteiger partial charge is 0.456 e. The van der Waals surface area contributed by atoms with Gasteiger partial charge in [0.1, 0.15) is 0 Å². The lowest BCUT2D eigenvalue weighted by Gasteiger charge is -2.14. The van der Waals surface area contributed by atoms with Crippen molar-refractivity contribution in [2.24, 2.45) is 11.8 Å². The van der Waals surface area contributed by atoms with E-state index in [1.165, 1.54) is 4.90 Å². The van der Waals surface area contributed by atoms with Crippen LogP contribution in [0.2, 0.25) is 0 Å². The molecule has 7 heteroatoms. The molecule has 0 spiro atoms. The van der Waals surface area contributed by atoms with Crippen LogP contribution in [0.15, 0.2) is 53.1 Å². The highest BCUT2D eigenvalue weighted by atomic mass is 16.5. The number of amides is 2. The number of likely N-dealkylation sites (tertiary alicyclic amines) is 1. The molecular formula is C21H20N2O5. The number of aromatic nitrogens is 1. The highest BCUT2D eigenvalue weighted by Gasteiger charge is 2.46. The molecule has 2 amide bonds. The number of hydrogen-bond acceptors (Lipinski definition) is 6. The first-order chi connectivity index (χ1) is 13.6. The standard InChI is InChI=1S/C21H20N2O5/c24-19(10-11-23-20(25)15-8-4-5-9-16(15)21(23)26)27-13-18-22-12-17(28-18)14-6-2-1-3-7-14/h1-7,12,15-16H,8-11,13H2/t15-,16-/m0/s1. The first kappa shape index (κ1) is 18.2. The molecule has 1 aromatic heterocycles. The minimum Gasteiger partial charge on any atom is -0.456 e. The number of carbonyl (C=O) groups is 3. The molecule has 28 heavy (non-hydrogen) atoms. The molecule has 1 aliphatic carbocycles. The van der Waals surface area contributed by atoms with Crippen LogP contribution >= 0.6 is 0 Å². The first-order valence-corrected chi connectivity index (χ1v) is 9.29. The van der Waals surface area contributed by atoms with Crippen LogP contribution in [-0.2, 0) is 25.7 Å². The van der Waals surface area contributed by atoms with Crippen LogP contribution in [0.1, 0.15) is 25.2 Å². The molecule has 144 valence electrons. The fraction of sp³-hybridized carbons (Fsp3) is 0.333. The topological polar surface area (TPSA) is 89.7 Å². The molecule has 7 nitrogen and oxygen atoms in total. The average Bonchev–Trinajstić information content (AvgIpc) is 3.30. The van der Waals surface area contributed by atoms with Gasteiger partial charge in [-0.3, -0.25) is 19.3 Å². The monoisotopic (exact) mass is 380 g/mol. The van der Waals surface area contributed by atoms with Crippen LogP contribution in [0.4, 0.5) is 0 Å². The molecule has 1 aromatic carbocycles. The van der Waals surface area contributed by atoms with Crippen molar-refractivity contribution in [2.75, 3.05) is 6.54 Å². The summed E-state index contributed by atoms with van der Waals surface area (Å²) in [4.78, 5) is 42.1. The van der Waals surface area contributed by atoms with Gasteiger partial charge in [0.2, 0.25) is 17.7 Å². The Kier molecular flexibility index (Phi) is 5.06. The van der Waals surface area contributed by atoms with E-state index >= 15 is 0 Å². The maximum Gasteiger partial charge on any atom is 0.308 e. The summed E-state index contributed by atoms with van der Waals surface area (Å²) in [7, 11) is 0. The molecular weight excluding hydrogens is 360 g/mol. The third-order valence-corrected chi connectivity index (χ3v) is 5.11. The lowest BCUT2D eigenvalue weighted by molar-refractivity contribution is -0.147. The summed E-state index contributed by atoms with van der Waals surface area (Å²) in [6.07, 6.45) is 6.58. The Labute approximate surface area is 162 Å². The minimum atomic E-state index is -0.506. The van der Waals surface area contributed by atoms with Crippen LogP contribution < -0.4 is 0 Å². The highest BCUT2D eigenvalue weighted by molar-refractivity contribution is 6.05. The van der Waals surface area contributed by atoms with Crippen molar-refractivity contribution < 1.29 is 23.5 Å². The second-order valence-electron chi connectivity index (χ2n) is 6.88. The van der Waals surface area contributed by atoms with Crippen molar-refractivity contribution in [2.45, 2.75) is 25.9 Å². The fourth-order valence-corrected chi connectivity index (χ4v) is 3.62. The smallest absolute Gasteiger partial charge is 0.308 e. The van der Waals surface area contributed by atoms with Gasteiger partial charge < -0.3 is 9.15 Å². The number of nitrogens with zero attached hydrogens (tertiary/aromatic N) is 2. The van der Waals surface area contributed by atoms with Crippen LogP contribution in [0.25, 0.3) is 11.3 Å². The van der Waals surface area contributed by atoms with Crippen LogP contribution in [0.3, 0.4) is 0 Å². The lowest BCUT2D eigenvalue weighted by atomic mass is 9.85. The number of carbonyl (C=O) groups excluding carboxylic acids is 3. The Hall–Kier alpha value is -3.22. The Morgan fingerprint density at radius 3 is 2.46 bits per heavy atom. The zero-order chi connectivity index (χ0) is 19.5. The van der Waals surface area contributed by atoms with Gasteiger partial charge in [-0.05, 0) is 12.8 Å². The van der Waals surface area contributed by atoms with Crippen molar-refractivity contribution in [3.8, 4) is 11.3 Å². The van der Waals surface area contributed by atoms with Gasteiger partial charge in [0.15, 0.2) is 12.4 Å². The maximum atomic E-state index is 12.4. The molecule has 2 aliphatic rings. The Balaban J connectivity index is 1.27. The quantitative estimate of drug-likeness (QED) is 0.435. The summed E-state index contributed by atoms with van der Waals surface area (Å²) < 4.78 is 10.8. The number of benzene rings is 1. The van der Waals surface area contributed by atoms with E-state index in [0.29, 0.717) is 18.6 Å². The zero-order valence-corrected chi connectivity index (χ0v) is 15.2. The third kappa shape index (κ3) is 3.60. The second-order valence-corrected chi connectivity index (χ2v) is 6.88. The predicted molar refractivity (Wildman–Crippen MR) is 98.4 cm³/mol. The molecule has 2 atom stereocenters. The number of ether oxygens (including phenoxy) is 1. The SMILES string of the molecule is O=C(CCN1C(=O)[C@H]2CC=CC[C@@H]2C1=O)OCc1ncc(-c2ccccc2)o1. The van der Waals surface area contributed by atoms with Crippen molar-refractivity contribution in [3.05, 3.63) is 54.6 Å². The summed E-state index contributed by atoms with van der Waals surface area (Å²) in [5.41, 5.74) is 0.884. The Bertz CT molecular complexity index is 892. The number of oxazole rings is 1. The summed E-state index contributed by atoms with van der Waals surface area (Å²) in [6, 6.07) is 9.49. The minimum absolute atomic E-state index is 0.0450. The molecule has 1 fully saturated rings. The first-order valence-electron chi connectivity index (χ1n) is 9.29. The summed E-state index contributed by atoms with van der Waals surface area (Å²) in [5.74, 6) is -0.559. The van der Waals surface area contributed by atoms with E-state index in [1.807, 2.05) is 42.5 Å². The maximum absolute atomic E-state index is 12.4. The van der Waals surface area contributed by atoms with Crippen LogP contribution in [-0.4, -0.2) is 34.2 Å². The fourth-order valence-electron chi connectivity index (χ4n) is 3.62. The number of hydrogen-bond donors (Lipinski definition) is 0. The van der Waals surface area contributed by atoms with E-state index in [4.69, 9.17) is 9.15 Å². The van der Waals surface area contributed by atoms with Gasteiger partial charge >= 0.3 is 5.97 Å². The molecule has 1 aliphatic heterocycles. The lowest BCUT2D eigenvalue weighted by Crippen LogP contribution is -2.33. The van der Waals surface area contributed by atoms with Gasteiger partial charge in [-0.25, -0.2) is 4.98 Å². The number of rotatable bonds is 6. The van der Waals surface area contributed by atoms with Crippen molar-refractivity contribution >= 4 is 17.8 Å². The third-order valence-electron chi connectivity index (χ3n) is 5.11. The van der Waals surface area contributed by atoms with Gasteiger partial charge in [-0.15, -0.1) is 0 Å². The van der Waals surface area contributed by atoms with Gasteiger partial charge in [0, 0.05) is 12.1 Å². The van der Waals surface area contributed by atoms with Gasteiger partial charge in [0.25, 0.3) is 0 Å². The summed E-state index contributed by atoms with van der Waals surface area (Å²) in [5, 5.41) is 0.